The fourth-order valence-electron chi connectivity index (χ4n) is 4.38. The zero-order valence-electron chi connectivity index (χ0n) is 19.0. The number of phenols is 1. The molecule has 2 aromatic heterocycles. The normalized spacial score (nSPS) is 12.8. The number of amides is 2. The van der Waals surface area contributed by atoms with E-state index < -0.39 is 0 Å². The Kier molecular flexibility index (Phi) is 5.45. The summed E-state index contributed by atoms with van der Waals surface area (Å²) < 4.78 is 0. The summed E-state index contributed by atoms with van der Waals surface area (Å²) in [4.78, 5) is 36.4. The van der Waals surface area contributed by atoms with Crippen LogP contribution in [0.15, 0.2) is 60.9 Å². The van der Waals surface area contributed by atoms with E-state index in [9.17, 15) is 14.7 Å². The number of aromatic hydroxyl groups is 1. The Labute approximate surface area is 197 Å². The predicted octanol–water partition coefficient (Wildman–Crippen LogP) is 3.75. The first-order valence-corrected chi connectivity index (χ1v) is 11.1. The molecule has 0 radical (unpaired) electrons. The molecular weight excluding hydrogens is 428 g/mol. The topological polar surface area (TPSA) is 95.4 Å². The number of carbonyl (C=O) groups is 2. The third-order valence-corrected chi connectivity index (χ3v) is 6.15. The van der Waals surface area contributed by atoms with Crippen LogP contribution in [0, 0.1) is 6.92 Å². The standard InChI is InChI=1S/C27H24N4O3/c1-16-6-8-17(9-7-16)11-18-12-20-22(26(33)30-14-19-5-3-4-10-28-19)21-15-31(2)27(34)23(21)25(32)24(20)29-13-18/h3-10,12-13,32H,11,14-15H2,1-2H3,(H,30,33). The van der Waals surface area contributed by atoms with Gasteiger partial charge in [0, 0.05) is 36.9 Å². The summed E-state index contributed by atoms with van der Waals surface area (Å²) in [5.41, 5.74) is 5.22. The quantitative estimate of drug-likeness (QED) is 0.481. The number of phenolic OH excluding ortho intramolecular Hbond substituents is 1. The van der Waals surface area contributed by atoms with Crippen molar-refractivity contribution in [1.82, 2.24) is 20.2 Å². The van der Waals surface area contributed by atoms with Gasteiger partial charge in [-0.2, -0.15) is 0 Å². The Hall–Kier alpha value is -4.26. The summed E-state index contributed by atoms with van der Waals surface area (Å²) in [6.07, 6.45) is 3.99. The van der Waals surface area contributed by atoms with Gasteiger partial charge in [0.2, 0.25) is 0 Å². The smallest absolute Gasteiger partial charge is 0.258 e. The molecule has 4 aromatic rings. The lowest BCUT2D eigenvalue weighted by Gasteiger charge is -2.14. The Balaban J connectivity index is 1.60. The summed E-state index contributed by atoms with van der Waals surface area (Å²) in [7, 11) is 1.65. The number of carbonyl (C=O) groups excluding carboxylic acids is 2. The van der Waals surface area contributed by atoms with E-state index in [0.717, 1.165) is 16.8 Å². The lowest BCUT2D eigenvalue weighted by atomic mass is 9.94. The zero-order chi connectivity index (χ0) is 23.8. The fourth-order valence-corrected chi connectivity index (χ4v) is 4.38. The number of nitrogens with one attached hydrogen (secondary N) is 1. The van der Waals surface area contributed by atoms with Crippen LogP contribution in [0.2, 0.25) is 0 Å². The summed E-state index contributed by atoms with van der Waals surface area (Å²) in [6, 6.07) is 15.6. The second kappa shape index (κ2) is 8.59. The highest BCUT2D eigenvalue weighted by Crippen LogP contribution is 2.39. The lowest BCUT2D eigenvalue weighted by molar-refractivity contribution is 0.0813. The molecule has 3 heterocycles. The molecule has 0 fully saturated rings. The van der Waals surface area contributed by atoms with Gasteiger partial charge in [0.15, 0.2) is 5.75 Å². The Morgan fingerprint density at radius 1 is 1.12 bits per heavy atom. The van der Waals surface area contributed by atoms with Crippen molar-refractivity contribution in [3.8, 4) is 5.75 Å². The Morgan fingerprint density at radius 2 is 1.91 bits per heavy atom. The van der Waals surface area contributed by atoms with Gasteiger partial charge in [0.25, 0.3) is 11.8 Å². The van der Waals surface area contributed by atoms with Crippen LogP contribution < -0.4 is 5.32 Å². The van der Waals surface area contributed by atoms with E-state index in [2.05, 4.69) is 39.6 Å². The number of aromatic nitrogens is 2. The van der Waals surface area contributed by atoms with Crippen molar-refractivity contribution in [2.45, 2.75) is 26.4 Å². The number of benzene rings is 2. The summed E-state index contributed by atoms with van der Waals surface area (Å²) in [5, 5.41) is 14.4. The third kappa shape index (κ3) is 3.85. The maximum absolute atomic E-state index is 13.4. The van der Waals surface area contributed by atoms with Crippen LogP contribution in [0.3, 0.4) is 0 Å². The molecule has 7 heteroatoms. The first kappa shape index (κ1) is 21.6. The van der Waals surface area contributed by atoms with Gasteiger partial charge >= 0.3 is 0 Å². The molecular formula is C27H24N4O3. The average molecular weight is 453 g/mol. The molecule has 2 aromatic carbocycles. The van der Waals surface area contributed by atoms with Crippen molar-refractivity contribution in [1.29, 1.82) is 0 Å². The summed E-state index contributed by atoms with van der Waals surface area (Å²) >= 11 is 0. The molecule has 0 unspecified atom stereocenters. The monoisotopic (exact) mass is 452 g/mol. The van der Waals surface area contributed by atoms with Crippen molar-refractivity contribution < 1.29 is 14.7 Å². The highest BCUT2D eigenvalue weighted by Gasteiger charge is 2.35. The SMILES string of the molecule is Cc1ccc(Cc2cnc3c(O)c4c(c(C(=O)NCc5ccccn5)c3c2)CN(C)C4=O)cc1. The molecule has 1 aliphatic rings. The minimum atomic E-state index is -0.329. The third-order valence-electron chi connectivity index (χ3n) is 6.15. The van der Waals surface area contributed by atoms with Crippen molar-refractivity contribution >= 4 is 22.7 Å². The molecule has 0 saturated carbocycles. The van der Waals surface area contributed by atoms with Crippen molar-refractivity contribution in [2.75, 3.05) is 7.05 Å². The number of aryl methyl sites for hydroxylation is 1. The molecule has 0 aliphatic carbocycles. The molecule has 1 aliphatic heterocycles. The van der Waals surface area contributed by atoms with Crippen LogP contribution in [0.4, 0.5) is 0 Å². The van der Waals surface area contributed by atoms with Crippen LogP contribution in [0.5, 0.6) is 5.75 Å². The number of hydrogen-bond acceptors (Lipinski definition) is 5. The van der Waals surface area contributed by atoms with Gasteiger partial charge in [0.05, 0.1) is 23.4 Å². The number of nitrogens with zero attached hydrogens (tertiary/aromatic N) is 3. The van der Waals surface area contributed by atoms with Crippen molar-refractivity contribution in [3.05, 3.63) is 100.0 Å². The molecule has 0 saturated heterocycles. The van der Waals surface area contributed by atoms with E-state index in [1.165, 1.54) is 10.5 Å². The lowest BCUT2D eigenvalue weighted by Crippen LogP contribution is -2.25. The Bertz CT molecular complexity index is 1420. The fraction of sp³-hybridized carbons (Fsp3) is 0.185. The first-order chi connectivity index (χ1) is 16.4. The summed E-state index contributed by atoms with van der Waals surface area (Å²) in [5.74, 6) is -0.828. The van der Waals surface area contributed by atoms with Gasteiger partial charge in [-0.3, -0.25) is 19.6 Å². The van der Waals surface area contributed by atoms with Gasteiger partial charge in [-0.1, -0.05) is 35.9 Å². The number of hydrogen-bond donors (Lipinski definition) is 2. The van der Waals surface area contributed by atoms with E-state index in [-0.39, 0.29) is 41.7 Å². The van der Waals surface area contributed by atoms with Crippen LogP contribution in [0.1, 0.15) is 48.7 Å². The predicted molar refractivity (Wildman–Crippen MR) is 129 cm³/mol. The van der Waals surface area contributed by atoms with Gasteiger partial charge < -0.3 is 15.3 Å². The van der Waals surface area contributed by atoms with Crippen LogP contribution in [-0.2, 0) is 19.5 Å². The highest BCUT2D eigenvalue weighted by molar-refractivity contribution is 6.15. The maximum Gasteiger partial charge on any atom is 0.258 e. The average Bonchev–Trinajstić information content (AvgIpc) is 3.14. The minimum absolute atomic E-state index is 0.150. The highest BCUT2D eigenvalue weighted by atomic mass is 16.3. The molecule has 170 valence electrons. The van der Waals surface area contributed by atoms with Crippen molar-refractivity contribution in [3.63, 3.8) is 0 Å². The molecule has 0 atom stereocenters. The largest absolute Gasteiger partial charge is 0.505 e. The van der Waals surface area contributed by atoms with E-state index in [0.29, 0.717) is 22.9 Å². The van der Waals surface area contributed by atoms with Gasteiger partial charge in [-0.05, 0) is 42.7 Å². The molecule has 2 amide bonds. The number of fused-ring (bicyclic) bond motifs is 2. The molecule has 0 spiro atoms. The van der Waals surface area contributed by atoms with Crippen molar-refractivity contribution in [2.24, 2.45) is 0 Å². The molecule has 5 rings (SSSR count). The van der Waals surface area contributed by atoms with E-state index >= 15 is 0 Å². The number of pyridine rings is 2. The van der Waals surface area contributed by atoms with E-state index in [1.54, 1.807) is 19.4 Å². The summed E-state index contributed by atoms with van der Waals surface area (Å²) in [6.45, 7) is 2.53. The van der Waals surface area contributed by atoms with Gasteiger partial charge in [0.1, 0.15) is 5.52 Å². The van der Waals surface area contributed by atoms with Crippen LogP contribution in [0.25, 0.3) is 10.9 Å². The van der Waals surface area contributed by atoms with Crippen LogP contribution >= 0.6 is 0 Å². The first-order valence-electron chi connectivity index (χ1n) is 11.1. The van der Waals surface area contributed by atoms with E-state index in [1.807, 2.05) is 31.2 Å². The molecule has 7 nitrogen and oxygen atoms in total. The Morgan fingerprint density at radius 3 is 2.65 bits per heavy atom. The number of rotatable bonds is 5. The van der Waals surface area contributed by atoms with Crippen LogP contribution in [-0.4, -0.2) is 38.8 Å². The molecule has 0 bridgehead atoms. The maximum atomic E-state index is 13.4. The van der Waals surface area contributed by atoms with Gasteiger partial charge in [-0.25, -0.2) is 0 Å². The molecule has 34 heavy (non-hydrogen) atoms. The zero-order valence-corrected chi connectivity index (χ0v) is 19.0. The van der Waals surface area contributed by atoms with Gasteiger partial charge in [-0.15, -0.1) is 0 Å². The second-order valence-corrected chi connectivity index (χ2v) is 8.64. The molecule has 2 N–H and O–H groups in total. The van der Waals surface area contributed by atoms with E-state index in [4.69, 9.17) is 0 Å². The minimum Gasteiger partial charge on any atom is -0.505 e. The second-order valence-electron chi connectivity index (χ2n) is 8.64.